The summed E-state index contributed by atoms with van der Waals surface area (Å²) in [6.07, 6.45) is 1.48. The van der Waals surface area contributed by atoms with Gasteiger partial charge in [-0.1, -0.05) is 40.2 Å². The first-order chi connectivity index (χ1) is 15.6. The quantitative estimate of drug-likeness (QED) is 0.473. The second kappa shape index (κ2) is 12.0. The average molecular weight is 540 g/mol. The number of sulfonamides is 1. The van der Waals surface area contributed by atoms with Gasteiger partial charge in [0.05, 0.1) is 19.1 Å². The molecule has 0 bridgehead atoms. The van der Waals surface area contributed by atoms with Gasteiger partial charge < -0.3 is 15.0 Å². The Bertz CT molecular complexity index is 1080. The van der Waals surface area contributed by atoms with E-state index in [0.29, 0.717) is 11.4 Å². The molecule has 0 aliphatic heterocycles. The van der Waals surface area contributed by atoms with E-state index in [2.05, 4.69) is 21.2 Å². The van der Waals surface area contributed by atoms with E-state index in [1.165, 1.54) is 23.4 Å². The second-order valence-corrected chi connectivity index (χ2v) is 10.4. The highest BCUT2D eigenvalue weighted by Gasteiger charge is 2.26. The number of hydrogen-bond acceptors (Lipinski definition) is 5. The monoisotopic (exact) mass is 539 g/mol. The Hall–Kier alpha value is -2.59. The molecule has 0 unspecified atom stereocenters. The third-order valence-electron chi connectivity index (χ3n) is 5.16. The molecule has 10 heteroatoms. The predicted octanol–water partition coefficient (Wildman–Crippen LogP) is 3.17. The molecule has 0 aliphatic carbocycles. The Balaban J connectivity index is 2.18. The van der Waals surface area contributed by atoms with Gasteiger partial charge in [0, 0.05) is 31.0 Å². The minimum Gasteiger partial charge on any atom is -0.495 e. The van der Waals surface area contributed by atoms with Gasteiger partial charge in [-0.15, -0.1) is 0 Å². The van der Waals surface area contributed by atoms with Crippen LogP contribution in [-0.4, -0.2) is 58.1 Å². The highest BCUT2D eigenvalue weighted by atomic mass is 79.9. The van der Waals surface area contributed by atoms with Crippen LogP contribution in [0.25, 0.3) is 0 Å². The molecule has 0 fully saturated rings. The van der Waals surface area contributed by atoms with Gasteiger partial charge in [0.2, 0.25) is 21.8 Å². The van der Waals surface area contributed by atoms with Gasteiger partial charge in [-0.25, -0.2) is 8.42 Å². The van der Waals surface area contributed by atoms with E-state index in [1.54, 1.807) is 31.2 Å². The van der Waals surface area contributed by atoms with Crippen molar-refractivity contribution in [2.45, 2.75) is 32.4 Å². The number of benzene rings is 2. The largest absolute Gasteiger partial charge is 0.495 e. The lowest BCUT2D eigenvalue weighted by molar-refractivity contribution is -0.140. The second-order valence-electron chi connectivity index (χ2n) is 7.55. The van der Waals surface area contributed by atoms with Crippen LogP contribution < -0.4 is 14.4 Å². The van der Waals surface area contributed by atoms with Crippen LogP contribution in [0, 0.1) is 0 Å². The van der Waals surface area contributed by atoms with Crippen LogP contribution in [-0.2, 0) is 26.2 Å². The number of amides is 2. The Labute approximate surface area is 204 Å². The number of para-hydroxylation sites is 2. The van der Waals surface area contributed by atoms with E-state index >= 15 is 0 Å². The molecular weight excluding hydrogens is 510 g/mol. The number of ether oxygens (including phenoxy) is 1. The zero-order valence-corrected chi connectivity index (χ0v) is 21.6. The number of methoxy groups -OCH3 is 1. The first-order valence-corrected chi connectivity index (χ1v) is 13.1. The number of likely N-dealkylation sites (N-methyl/N-ethyl adjacent to an activating group) is 1. The maximum Gasteiger partial charge on any atom is 0.242 e. The van der Waals surface area contributed by atoms with Gasteiger partial charge in [0.15, 0.2) is 0 Å². The molecule has 0 aliphatic rings. The van der Waals surface area contributed by atoms with Crippen LogP contribution in [0.5, 0.6) is 5.75 Å². The minimum absolute atomic E-state index is 0.0799. The average Bonchev–Trinajstić information content (AvgIpc) is 2.78. The highest BCUT2D eigenvalue weighted by Crippen LogP contribution is 2.29. The lowest BCUT2D eigenvalue weighted by Gasteiger charge is -2.29. The van der Waals surface area contributed by atoms with Crippen molar-refractivity contribution in [1.29, 1.82) is 0 Å². The predicted molar refractivity (Wildman–Crippen MR) is 133 cm³/mol. The van der Waals surface area contributed by atoms with Crippen LogP contribution >= 0.6 is 15.9 Å². The first kappa shape index (κ1) is 26.7. The summed E-state index contributed by atoms with van der Waals surface area (Å²) in [6.45, 7) is 2.03. The van der Waals surface area contributed by atoms with Gasteiger partial charge >= 0.3 is 0 Å². The zero-order valence-electron chi connectivity index (χ0n) is 19.2. The fourth-order valence-corrected chi connectivity index (χ4v) is 4.86. The molecule has 2 aromatic rings. The molecule has 0 saturated heterocycles. The maximum atomic E-state index is 13.1. The van der Waals surface area contributed by atoms with Gasteiger partial charge in [-0.05, 0) is 43.2 Å². The van der Waals surface area contributed by atoms with Crippen molar-refractivity contribution in [2.24, 2.45) is 0 Å². The summed E-state index contributed by atoms with van der Waals surface area (Å²) in [6, 6.07) is 13.7. The molecule has 2 amide bonds. The SMILES string of the molecule is CNC(=O)[C@@H](C)N(Cc1cccc(Br)c1)C(=O)CCCN(c1ccccc1OC)S(C)(=O)=O. The number of hydrogen-bond donors (Lipinski definition) is 1. The number of nitrogens with zero attached hydrogens (tertiary/aromatic N) is 2. The Morgan fingerprint density at radius 1 is 1.15 bits per heavy atom. The molecule has 180 valence electrons. The van der Waals surface area contributed by atoms with Crippen LogP contribution in [0.1, 0.15) is 25.3 Å². The summed E-state index contributed by atoms with van der Waals surface area (Å²) in [5.74, 6) is -0.0801. The van der Waals surface area contributed by atoms with Crippen LogP contribution in [0.3, 0.4) is 0 Å². The number of rotatable bonds is 11. The topological polar surface area (TPSA) is 96.0 Å². The van der Waals surface area contributed by atoms with Crippen molar-refractivity contribution >= 4 is 43.5 Å². The van der Waals surface area contributed by atoms with E-state index in [9.17, 15) is 18.0 Å². The summed E-state index contributed by atoms with van der Waals surface area (Å²) < 4.78 is 32.3. The molecule has 0 saturated carbocycles. The highest BCUT2D eigenvalue weighted by molar-refractivity contribution is 9.10. The first-order valence-electron chi connectivity index (χ1n) is 10.4. The van der Waals surface area contributed by atoms with Crippen molar-refractivity contribution in [3.05, 3.63) is 58.6 Å². The van der Waals surface area contributed by atoms with Gasteiger partial charge in [-0.3, -0.25) is 13.9 Å². The third kappa shape index (κ3) is 7.46. The van der Waals surface area contributed by atoms with E-state index in [0.717, 1.165) is 16.3 Å². The fourth-order valence-electron chi connectivity index (χ4n) is 3.44. The number of halogens is 1. The van der Waals surface area contributed by atoms with Gasteiger partial charge in [0.25, 0.3) is 0 Å². The summed E-state index contributed by atoms with van der Waals surface area (Å²) >= 11 is 3.42. The van der Waals surface area contributed by atoms with E-state index < -0.39 is 16.1 Å². The van der Waals surface area contributed by atoms with Crippen LogP contribution in [0.4, 0.5) is 5.69 Å². The molecule has 0 aromatic heterocycles. The minimum atomic E-state index is -3.60. The molecule has 0 spiro atoms. The normalized spacial score (nSPS) is 12.0. The number of carbonyl (C=O) groups excluding carboxylic acids is 2. The van der Waals surface area contributed by atoms with Crippen LogP contribution in [0.2, 0.25) is 0 Å². The van der Waals surface area contributed by atoms with Crippen molar-refractivity contribution in [3.8, 4) is 5.75 Å². The molecule has 8 nitrogen and oxygen atoms in total. The van der Waals surface area contributed by atoms with Crippen molar-refractivity contribution < 1.29 is 22.7 Å². The summed E-state index contributed by atoms with van der Waals surface area (Å²) in [4.78, 5) is 26.9. The van der Waals surface area contributed by atoms with Gasteiger partial charge in [-0.2, -0.15) is 0 Å². The summed E-state index contributed by atoms with van der Waals surface area (Å²) in [5.41, 5.74) is 1.29. The zero-order chi connectivity index (χ0) is 24.6. The molecule has 0 radical (unpaired) electrons. The lowest BCUT2D eigenvalue weighted by Crippen LogP contribution is -2.46. The van der Waals surface area contributed by atoms with Crippen molar-refractivity contribution in [3.63, 3.8) is 0 Å². The number of nitrogens with one attached hydrogen (secondary N) is 1. The maximum absolute atomic E-state index is 13.1. The molecule has 1 atom stereocenters. The number of anilines is 1. The summed E-state index contributed by atoms with van der Waals surface area (Å²) in [7, 11) is -0.596. The van der Waals surface area contributed by atoms with E-state index in [4.69, 9.17) is 4.74 Å². The molecular formula is C23H30BrN3O5S. The Morgan fingerprint density at radius 3 is 2.45 bits per heavy atom. The van der Waals surface area contributed by atoms with E-state index in [1.807, 2.05) is 24.3 Å². The fraction of sp³-hybridized carbons (Fsp3) is 0.391. The third-order valence-corrected chi connectivity index (χ3v) is 6.83. The number of carbonyl (C=O) groups is 2. The smallest absolute Gasteiger partial charge is 0.242 e. The molecule has 0 heterocycles. The van der Waals surface area contributed by atoms with Gasteiger partial charge in [0.1, 0.15) is 11.8 Å². The molecule has 2 rings (SSSR count). The summed E-state index contributed by atoms with van der Waals surface area (Å²) in [5, 5.41) is 2.58. The molecule has 33 heavy (non-hydrogen) atoms. The Kier molecular flexibility index (Phi) is 9.72. The molecule has 2 aromatic carbocycles. The van der Waals surface area contributed by atoms with Crippen LogP contribution in [0.15, 0.2) is 53.0 Å². The Morgan fingerprint density at radius 2 is 1.85 bits per heavy atom. The standard InChI is InChI=1S/C23H30BrN3O5S/c1-17(23(29)25-2)26(16-18-9-7-10-19(24)15-18)22(28)13-8-14-27(33(4,30)31)20-11-5-6-12-21(20)32-3/h5-7,9-12,15,17H,8,13-14,16H2,1-4H3,(H,25,29)/t17-/m1/s1. The van der Waals surface area contributed by atoms with E-state index in [-0.39, 0.29) is 37.7 Å². The van der Waals surface area contributed by atoms with Crippen molar-refractivity contribution in [1.82, 2.24) is 10.2 Å². The van der Waals surface area contributed by atoms with Crippen molar-refractivity contribution in [2.75, 3.05) is 31.3 Å². The molecule has 1 N–H and O–H groups in total. The lowest BCUT2D eigenvalue weighted by atomic mass is 10.1.